The maximum Gasteiger partial charge on any atom is 0.259 e. The molecule has 0 saturated carbocycles. The molecule has 0 atom stereocenters. The zero-order valence-electron chi connectivity index (χ0n) is 16.7. The van der Waals surface area contributed by atoms with Crippen LogP contribution in [0.4, 0.5) is 5.95 Å². The number of aromatic nitrogens is 4. The van der Waals surface area contributed by atoms with Gasteiger partial charge >= 0.3 is 0 Å². The second kappa shape index (κ2) is 10.2. The minimum absolute atomic E-state index is 0. The van der Waals surface area contributed by atoms with Gasteiger partial charge in [0.15, 0.2) is 5.82 Å². The first kappa shape index (κ1) is 21.7. The van der Waals surface area contributed by atoms with E-state index in [1.54, 1.807) is 23.9 Å². The Morgan fingerprint density at radius 2 is 1.97 bits per heavy atom. The lowest BCUT2D eigenvalue weighted by molar-refractivity contribution is 0.102. The van der Waals surface area contributed by atoms with Crippen LogP contribution in [0.15, 0.2) is 48.7 Å². The van der Waals surface area contributed by atoms with Crippen molar-refractivity contribution in [3.05, 3.63) is 65.6 Å². The summed E-state index contributed by atoms with van der Waals surface area (Å²) < 4.78 is 7.27. The number of nitrogens with one attached hydrogen (secondary N) is 2. The van der Waals surface area contributed by atoms with Crippen molar-refractivity contribution in [2.45, 2.75) is 25.4 Å². The molecular formula is C21H25ClN6O2. The molecule has 2 aromatic heterocycles. The molecule has 0 spiro atoms. The average Bonchev–Trinajstić information content (AvgIpc) is 3.14. The fraction of sp³-hybridized carbons (Fsp3) is 0.333. The summed E-state index contributed by atoms with van der Waals surface area (Å²) in [4.78, 5) is 21.3. The molecule has 2 N–H and O–H groups in total. The standard InChI is InChI=1S/C21H24N6O2.ClH/c1-27-21(24-19(26-27)16-9-11-22-12-10-16)25-20(28)17-7-8-18(23-13-17)29-14-15-5-3-2-4-6-15;/h2-8,13,16,22H,9-12,14H2,1H3,(H,24,25,26,28);1H. The van der Waals surface area contributed by atoms with Crippen molar-refractivity contribution in [2.75, 3.05) is 18.4 Å². The monoisotopic (exact) mass is 428 g/mol. The van der Waals surface area contributed by atoms with Gasteiger partial charge in [0.05, 0.1) is 5.56 Å². The zero-order chi connectivity index (χ0) is 20.1. The topological polar surface area (TPSA) is 94.0 Å². The number of ether oxygens (including phenoxy) is 1. The molecule has 1 aliphatic rings. The van der Waals surface area contributed by atoms with E-state index >= 15 is 0 Å². The van der Waals surface area contributed by atoms with Gasteiger partial charge in [-0.2, -0.15) is 10.1 Å². The molecule has 3 aromatic rings. The number of benzene rings is 1. The molecule has 4 rings (SSSR count). The summed E-state index contributed by atoms with van der Waals surface area (Å²) in [5.74, 6) is 1.74. The Labute approximate surface area is 181 Å². The van der Waals surface area contributed by atoms with Crippen molar-refractivity contribution < 1.29 is 9.53 Å². The summed E-state index contributed by atoms with van der Waals surface area (Å²) in [6.07, 6.45) is 3.51. The summed E-state index contributed by atoms with van der Waals surface area (Å²) in [6, 6.07) is 13.2. The zero-order valence-corrected chi connectivity index (χ0v) is 17.6. The van der Waals surface area contributed by atoms with E-state index in [0.717, 1.165) is 37.3 Å². The first-order valence-corrected chi connectivity index (χ1v) is 9.75. The third-order valence-corrected chi connectivity index (χ3v) is 4.94. The minimum atomic E-state index is -0.278. The number of piperidine rings is 1. The number of hydrogen-bond acceptors (Lipinski definition) is 6. The number of halogens is 1. The lowest BCUT2D eigenvalue weighted by Crippen LogP contribution is -2.27. The van der Waals surface area contributed by atoms with Crippen LogP contribution in [-0.4, -0.2) is 38.7 Å². The van der Waals surface area contributed by atoms with E-state index in [9.17, 15) is 4.79 Å². The number of rotatable bonds is 6. The third kappa shape index (κ3) is 5.34. The van der Waals surface area contributed by atoms with Crippen LogP contribution in [0, 0.1) is 0 Å². The van der Waals surface area contributed by atoms with Crippen LogP contribution in [0.1, 0.15) is 40.5 Å². The molecule has 3 heterocycles. The van der Waals surface area contributed by atoms with Crippen molar-refractivity contribution in [3.63, 3.8) is 0 Å². The van der Waals surface area contributed by atoms with Gasteiger partial charge in [0.25, 0.3) is 5.91 Å². The van der Waals surface area contributed by atoms with Gasteiger partial charge in [-0.05, 0) is 37.6 Å². The summed E-state index contributed by atoms with van der Waals surface area (Å²) in [5.41, 5.74) is 1.49. The molecule has 9 heteroatoms. The van der Waals surface area contributed by atoms with E-state index in [1.807, 2.05) is 30.3 Å². The van der Waals surface area contributed by atoms with Crippen molar-refractivity contribution in [3.8, 4) is 5.88 Å². The fourth-order valence-electron chi connectivity index (χ4n) is 3.27. The molecule has 1 aromatic carbocycles. The predicted octanol–water partition coefficient (Wildman–Crippen LogP) is 2.93. The number of hydrogen-bond donors (Lipinski definition) is 2. The second-order valence-corrected chi connectivity index (χ2v) is 7.05. The molecule has 158 valence electrons. The largest absolute Gasteiger partial charge is 0.473 e. The van der Waals surface area contributed by atoms with Crippen LogP contribution in [0.5, 0.6) is 5.88 Å². The lowest BCUT2D eigenvalue weighted by Gasteiger charge is -2.19. The van der Waals surface area contributed by atoms with Gasteiger partial charge < -0.3 is 10.1 Å². The van der Waals surface area contributed by atoms with Crippen LogP contribution in [0.25, 0.3) is 0 Å². The van der Waals surface area contributed by atoms with Crippen LogP contribution in [0.3, 0.4) is 0 Å². The maximum absolute atomic E-state index is 12.6. The maximum atomic E-state index is 12.6. The molecule has 0 aliphatic carbocycles. The van der Waals surface area contributed by atoms with Gasteiger partial charge in [0.1, 0.15) is 6.61 Å². The van der Waals surface area contributed by atoms with E-state index in [0.29, 0.717) is 29.9 Å². The van der Waals surface area contributed by atoms with Crippen LogP contribution in [0.2, 0.25) is 0 Å². The quantitative estimate of drug-likeness (QED) is 0.627. The lowest BCUT2D eigenvalue weighted by atomic mass is 9.98. The number of aryl methyl sites for hydroxylation is 1. The van der Waals surface area contributed by atoms with Crippen molar-refractivity contribution in [1.29, 1.82) is 0 Å². The smallest absolute Gasteiger partial charge is 0.259 e. The first-order valence-electron chi connectivity index (χ1n) is 9.75. The predicted molar refractivity (Wildman–Crippen MR) is 116 cm³/mol. The molecule has 1 aliphatic heterocycles. The Morgan fingerprint density at radius 1 is 1.20 bits per heavy atom. The van der Waals surface area contributed by atoms with Crippen molar-refractivity contribution >= 4 is 24.3 Å². The Bertz CT molecular complexity index is 955. The Kier molecular flexibility index (Phi) is 7.37. The van der Waals surface area contributed by atoms with Gasteiger partial charge in [-0.3, -0.25) is 10.1 Å². The van der Waals surface area contributed by atoms with Crippen molar-refractivity contribution in [1.82, 2.24) is 25.1 Å². The first-order chi connectivity index (χ1) is 14.2. The second-order valence-electron chi connectivity index (χ2n) is 7.05. The highest BCUT2D eigenvalue weighted by Crippen LogP contribution is 2.23. The molecule has 1 saturated heterocycles. The number of carbonyl (C=O) groups excluding carboxylic acids is 1. The summed E-state index contributed by atoms with van der Waals surface area (Å²) in [5, 5.41) is 10.6. The average molecular weight is 429 g/mol. The highest BCUT2D eigenvalue weighted by Gasteiger charge is 2.21. The molecular weight excluding hydrogens is 404 g/mol. The SMILES string of the molecule is Cl.Cn1nc(C2CCNCC2)nc1NC(=O)c1ccc(OCc2ccccc2)nc1. The number of amides is 1. The molecule has 0 bridgehead atoms. The molecule has 8 nitrogen and oxygen atoms in total. The van der Waals surface area contributed by atoms with Gasteiger partial charge in [-0.15, -0.1) is 12.4 Å². The minimum Gasteiger partial charge on any atom is -0.473 e. The van der Waals surface area contributed by atoms with Crippen LogP contribution in [-0.2, 0) is 13.7 Å². The van der Waals surface area contributed by atoms with Crippen LogP contribution < -0.4 is 15.4 Å². The van der Waals surface area contributed by atoms with Gasteiger partial charge in [0, 0.05) is 25.2 Å². The third-order valence-electron chi connectivity index (χ3n) is 4.94. The van der Waals surface area contributed by atoms with Gasteiger partial charge in [-0.25, -0.2) is 9.67 Å². The van der Waals surface area contributed by atoms with Gasteiger partial charge in [-0.1, -0.05) is 30.3 Å². The van der Waals surface area contributed by atoms with E-state index in [2.05, 4.69) is 25.7 Å². The Hall–Kier alpha value is -2.97. The molecule has 1 amide bonds. The van der Waals surface area contributed by atoms with E-state index in [1.165, 1.54) is 6.20 Å². The normalized spacial score (nSPS) is 14.0. The molecule has 30 heavy (non-hydrogen) atoms. The number of nitrogens with zero attached hydrogens (tertiary/aromatic N) is 4. The highest BCUT2D eigenvalue weighted by atomic mass is 35.5. The highest BCUT2D eigenvalue weighted by molar-refractivity contribution is 6.03. The summed E-state index contributed by atoms with van der Waals surface area (Å²) in [6.45, 7) is 2.36. The van der Waals surface area contributed by atoms with E-state index in [4.69, 9.17) is 4.74 Å². The molecule has 1 fully saturated rings. The Morgan fingerprint density at radius 3 is 2.67 bits per heavy atom. The Balaban J connectivity index is 0.00000256. The van der Waals surface area contributed by atoms with Crippen molar-refractivity contribution in [2.24, 2.45) is 7.05 Å². The van der Waals surface area contributed by atoms with Crippen LogP contribution >= 0.6 is 12.4 Å². The fourth-order valence-corrected chi connectivity index (χ4v) is 3.27. The molecule has 0 unspecified atom stereocenters. The number of carbonyl (C=O) groups is 1. The summed E-state index contributed by atoms with van der Waals surface area (Å²) in [7, 11) is 1.78. The van der Waals surface area contributed by atoms with E-state index in [-0.39, 0.29) is 18.3 Å². The summed E-state index contributed by atoms with van der Waals surface area (Å²) >= 11 is 0. The number of pyridine rings is 1. The van der Waals surface area contributed by atoms with E-state index < -0.39 is 0 Å². The molecule has 0 radical (unpaired) electrons. The van der Waals surface area contributed by atoms with Gasteiger partial charge in [0.2, 0.25) is 11.8 Å². The number of anilines is 1.